The molecule has 3 nitrogen and oxygen atoms in total. The first-order chi connectivity index (χ1) is 10.2. The zero-order chi connectivity index (χ0) is 15.2. The number of benzene rings is 1. The molecule has 0 radical (unpaired) electrons. The van der Waals surface area contributed by atoms with Gasteiger partial charge < -0.3 is 15.0 Å². The molecule has 0 aromatic heterocycles. The Morgan fingerprint density at radius 3 is 2.86 bits per heavy atom. The van der Waals surface area contributed by atoms with Gasteiger partial charge >= 0.3 is 0 Å². The van der Waals surface area contributed by atoms with Crippen molar-refractivity contribution in [3.05, 3.63) is 29.8 Å². The molecule has 0 spiro atoms. The maximum Gasteiger partial charge on any atom is 0.0713 e. The third-order valence-electron chi connectivity index (χ3n) is 4.78. The van der Waals surface area contributed by atoms with Gasteiger partial charge in [0.1, 0.15) is 0 Å². The van der Waals surface area contributed by atoms with E-state index in [2.05, 4.69) is 55.3 Å². The molecule has 21 heavy (non-hydrogen) atoms. The third kappa shape index (κ3) is 3.98. The van der Waals surface area contributed by atoms with E-state index in [1.807, 2.05) is 0 Å². The molecule has 3 atom stereocenters. The van der Waals surface area contributed by atoms with Crippen LogP contribution in [-0.2, 0) is 11.3 Å². The molecule has 2 rings (SSSR count). The molecule has 0 aliphatic carbocycles. The average Bonchev–Trinajstić information content (AvgIpc) is 2.49. The highest BCUT2D eigenvalue weighted by atomic mass is 16.5. The summed E-state index contributed by atoms with van der Waals surface area (Å²) in [6.07, 6.45) is 2.43. The van der Waals surface area contributed by atoms with Crippen molar-refractivity contribution in [1.82, 2.24) is 5.32 Å². The van der Waals surface area contributed by atoms with Gasteiger partial charge in [-0.05, 0) is 49.9 Å². The molecule has 1 heterocycles. The van der Waals surface area contributed by atoms with Gasteiger partial charge in [0.25, 0.3) is 0 Å². The number of piperidine rings is 1. The second-order valence-electron chi connectivity index (χ2n) is 6.25. The molecule has 1 saturated heterocycles. The fraction of sp³-hybridized carbons (Fsp3) is 0.667. The predicted molar refractivity (Wildman–Crippen MR) is 89.8 cm³/mol. The number of nitrogens with zero attached hydrogens (tertiary/aromatic N) is 1. The fourth-order valence-electron chi connectivity index (χ4n) is 3.34. The highest BCUT2D eigenvalue weighted by Gasteiger charge is 2.32. The summed E-state index contributed by atoms with van der Waals surface area (Å²) in [5, 5.41) is 3.71. The van der Waals surface area contributed by atoms with Gasteiger partial charge in [0.15, 0.2) is 0 Å². The van der Waals surface area contributed by atoms with Gasteiger partial charge in [-0.1, -0.05) is 26.0 Å². The van der Waals surface area contributed by atoms with Crippen molar-refractivity contribution in [3.63, 3.8) is 0 Å². The van der Waals surface area contributed by atoms with E-state index in [-0.39, 0.29) is 0 Å². The Hall–Kier alpha value is -1.06. The lowest BCUT2D eigenvalue weighted by Gasteiger charge is -2.44. The second kappa shape index (κ2) is 7.81. The second-order valence-corrected chi connectivity index (χ2v) is 6.25. The molecule has 1 fully saturated rings. The van der Waals surface area contributed by atoms with Crippen LogP contribution in [0.1, 0.15) is 39.2 Å². The molecule has 3 heteroatoms. The van der Waals surface area contributed by atoms with Crippen LogP contribution in [-0.4, -0.2) is 32.3 Å². The number of nitrogens with one attached hydrogen (secondary N) is 1. The lowest BCUT2D eigenvalue weighted by Crippen LogP contribution is -2.53. The Kier molecular flexibility index (Phi) is 6.07. The summed E-state index contributed by atoms with van der Waals surface area (Å²) in [6, 6.07) is 9.98. The normalized spacial score (nSPS) is 26.1. The van der Waals surface area contributed by atoms with Crippen LogP contribution in [0.25, 0.3) is 0 Å². The highest BCUT2D eigenvalue weighted by Crippen LogP contribution is 2.29. The number of hydrogen-bond acceptors (Lipinski definition) is 3. The molecule has 0 bridgehead atoms. The Balaban J connectivity index is 2.06. The Morgan fingerprint density at radius 2 is 2.14 bits per heavy atom. The maximum absolute atomic E-state index is 5.25. The SMILES string of the molecule is CCCNC1CCN(c2cccc(COC)c2)C(C)C1C. The molecule has 1 aromatic carbocycles. The van der Waals surface area contributed by atoms with Crippen molar-refractivity contribution in [2.24, 2.45) is 5.92 Å². The summed E-state index contributed by atoms with van der Waals surface area (Å²) in [7, 11) is 1.75. The van der Waals surface area contributed by atoms with Gasteiger partial charge in [-0.2, -0.15) is 0 Å². The minimum Gasteiger partial charge on any atom is -0.380 e. The van der Waals surface area contributed by atoms with Crippen LogP contribution in [0.4, 0.5) is 5.69 Å². The summed E-state index contributed by atoms with van der Waals surface area (Å²) >= 11 is 0. The van der Waals surface area contributed by atoms with E-state index in [0.29, 0.717) is 24.6 Å². The molecule has 1 aliphatic rings. The van der Waals surface area contributed by atoms with E-state index in [1.54, 1.807) is 7.11 Å². The van der Waals surface area contributed by atoms with Crippen molar-refractivity contribution in [1.29, 1.82) is 0 Å². The standard InChI is InChI=1S/C18H30N2O/c1-5-10-19-18-9-11-20(15(3)14(18)2)17-8-6-7-16(12-17)13-21-4/h6-8,12,14-15,18-19H,5,9-11,13H2,1-4H3. The summed E-state index contributed by atoms with van der Waals surface area (Å²) in [5.41, 5.74) is 2.58. The average molecular weight is 290 g/mol. The van der Waals surface area contributed by atoms with Crippen LogP contribution in [0.15, 0.2) is 24.3 Å². The Bertz CT molecular complexity index is 435. The maximum atomic E-state index is 5.25. The topological polar surface area (TPSA) is 24.5 Å². The number of rotatable bonds is 6. The summed E-state index contributed by atoms with van der Waals surface area (Å²) < 4.78 is 5.25. The first kappa shape index (κ1) is 16.3. The van der Waals surface area contributed by atoms with Crippen LogP contribution in [0, 0.1) is 5.92 Å². The van der Waals surface area contributed by atoms with E-state index >= 15 is 0 Å². The molecule has 0 saturated carbocycles. The fourth-order valence-corrected chi connectivity index (χ4v) is 3.34. The van der Waals surface area contributed by atoms with Crippen molar-refractivity contribution < 1.29 is 4.74 Å². The van der Waals surface area contributed by atoms with Crippen molar-refractivity contribution in [2.45, 2.75) is 52.3 Å². The van der Waals surface area contributed by atoms with Gasteiger partial charge in [0, 0.05) is 31.4 Å². The highest BCUT2D eigenvalue weighted by molar-refractivity contribution is 5.50. The van der Waals surface area contributed by atoms with Crippen molar-refractivity contribution in [2.75, 3.05) is 25.1 Å². The molecule has 1 aliphatic heterocycles. The molecule has 0 amide bonds. The van der Waals surface area contributed by atoms with Gasteiger partial charge in [0.2, 0.25) is 0 Å². The van der Waals surface area contributed by atoms with Crippen LogP contribution >= 0.6 is 0 Å². The molecular weight excluding hydrogens is 260 g/mol. The summed E-state index contributed by atoms with van der Waals surface area (Å²) in [5.74, 6) is 0.663. The van der Waals surface area contributed by atoms with Crippen LogP contribution in [0.5, 0.6) is 0 Å². The van der Waals surface area contributed by atoms with Crippen molar-refractivity contribution >= 4 is 5.69 Å². The van der Waals surface area contributed by atoms with Gasteiger partial charge in [-0.15, -0.1) is 0 Å². The third-order valence-corrected chi connectivity index (χ3v) is 4.78. The number of ether oxygens (including phenoxy) is 1. The number of anilines is 1. The van der Waals surface area contributed by atoms with Gasteiger partial charge in [-0.3, -0.25) is 0 Å². The van der Waals surface area contributed by atoms with E-state index in [0.717, 1.165) is 13.1 Å². The molecule has 3 unspecified atom stereocenters. The number of hydrogen-bond donors (Lipinski definition) is 1. The molecule has 1 aromatic rings. The van der Waals surface area contributed by atoms with Gasteiger partial charge in [0.05, 0.1) is 6.61 Å². The Labute approximate surface area is 129 Å². The minimum atomic E-state index is 0.561. The minimum absolute atomic E-state index is 0.561. The van der Waals surface area contributed by atoms with E-state index < -0.39 is 0 Å². The number of methoxy groups -OCH3 is 1. The molecular formula is C18H30N2O. The van der Waals surface area contributed by atoms with Crippen LogP contribution in [0.2, 0.25) is 0 Å². The van der Waals surface area contributed by atoms with Crippen molar-refractivity contribution in [3.8, 4) is 0 Å². The first-order valence-electron chi connectivity index (χ1n) is 8.25. The zero-order valence-corrected chi connectivity index (χ0v) is 13.9. The van der Waals surface area contributed by atoms with Crippen LogP contribution < -0.4 is 10.2 Å². The zero-order valence-electron chi connectivity index (χ0n) is 13.9. The van der Waals surface area contributed by atoms with E-state index in [4.69, 9.17) is 4.74 Å². The smallest absolute Gasteiger partial charge is 0.0713 e. The first-order valence-corrected chi connectivity index (χ1v) is 8.25. The van der Waals surface area contributed by atoms with E-state index in [1.165, 1.54) is 24.1 Å². The van der Waals surface area contributed by atoms with Gasteiger partial charge in [-0.25, -0.2) is 0 Å². The quantitative estimate of drug-likeness (QED) is 0.868. The summed E-state index contributed by atoms with van der Waals surface area (Å²) in [6.45, 7) is 9.91. The Morgan fingerprint density at radius 1 is 1.33 bits per heavy atom. The van der Waals surface area contributed by atoms with E-state index in [9.17, 15) is 0 Å². The largest absolute Gasteiger partial charge is 0.380 e. The predicted octanol–water partition coefficient (Wildman–Crippen LogP) is 3.44. The summed E-state index contributed by atoms with van der Waals surface area (Å²) in [4.78, 5) is 2.55. The lowest BCUT2D eigenvalue weighted by atomic mass is 9.86. The molecule has 1 N–H and O–H groups in total. The molecule has 118 valence electrons. The lowest BCUT2D eigenvalue weighted by molar-refractivity contribution is 0.185. The monoisotopic (exact) mass is 290 g/mol. The van der Waals surface area contributed by atoms with Crippen LogP contribution in [0.3, 0.4) is 0 Å².